The van der Waals surface area contributed by atoms with E-state index in [9.17, 15) is 9.90 Å². The predicted molar refractivity (Wildman–Crippen MR) is 94.8 cm³/mol. The molecule has 0 aromatic heterocycles. The molecule has 0 saturated heterocycles. The summed E-state index contributed by atoms with van der Waals surface area (Å²) in [5, 5.41) is 18.8. The molecule has 2 atom stereocenters. The third kappa shape index (κ3) is 14.7. The molecule has 0 heterocycles. The van der Waals surface area contributed by atoms with Crippen LogP contribution in [0.5, 0.6) is 0 Å². The van der Waals surface area contributed by atoms with Crippen LogP contribution in [0, 0.1) is 0 Å². The third-order valence-electron chi connectivity index (χ3n) is 4.46. The zero-order valence-electron chi connectivity index (χ0n) is 15.3. The highest BCUT2D eigenvalue weighted by Crippen LogP contribution is 2.17. The first-order valence-electron chi connectivity index (χ1n) is 9.54. The fourth-order valence-corrected chi connectivity index (χ4v) is 2.94. The molecule has 0 aliphatic rings. The van der Waals surface area contributed by atoms with Gasteiger partial charge in [0.25, 0.3) is 0 Å². The molecular formula is C19H38O4. The normalized spacial score (nSPS) is 13.9. The van der Waals surface area contributed by atoms with E-state index in [1.807, 2.05) is 0 Å². The van der Waals surface area contributed by atoms with Crippen LogP contribution in [0.4, 0.5) is 0 Å². The van der Waals surface area contributed by atoms with Crippen LogP contribution in [-0.4, -0.2) is 35.5 Å². The van der Waals surface area contributed by atoms with Gasteiger partial charge in [0.05, 0.1) is 12.2 Å². The number of aliphatic carboxylic acids is 1. The third-order valence-corrected chi connectivity index (χ3v) is 4.46. The molecule has 2 N–H and O–H groups in total. The number of carboxylic acid groups (broad SMARTS) is 1. The first kappa shape index (κ1) is 22.4. The minimum atomic E-state index is -0.706. The van der Waals surface area contributed by atoms with Gasteiger partial charge in [0, 0.05) is 13.5 Å². The van der Waals surface area contributed by atoms with Gasteiger partial charge in [-0.3, -0.25) is 4.79 Å². The number of carboxylic acids is 1. The zero-order valence-corrected chi connectivity index (χ0v) is 15.3. The second-order valence-electron chi connectivity index (χ2n) is 6.60. The fourth-order valence-electron chi connectivity index (χ4n) is 2.94. The molecule has 0 amide bonds. The average molecular weight is 331 g/mol. The average Bonchev–Trinajstić information content (AvgIpc) is 2.53. The Hall–Kier alpha value is -0.610. The van der Waals surface area contributed by atoms with Crippen LogP contribution in [0.3, 0.4) is 0 Å². The van der Waals surface area contributed by atoms with Crippen LogP contribution in [-0.2, 0) is 9.53 Å². The number of aliphatic hydroxyl groups is 1. The number of unbranched alkanes of at least 4 members (excludes halogenated alkanes) is 9. The Morgan fingerprint density at radius 2 is 1.39 bits per heavy atom. The maximum absolute atomic E-state index is 10.4. The van der Waals surface area contributed by atoms with Gasteiger partial charge in [-0.25, -0.2) is 0 Å². The largest absolute Gasteiger partial charge is 0.481 e. The minimum Gasteiger partial charge on any atom is -0.481 e. The second kappa shape index (κ2) is 16.3. The number of hydrogen-bond acceptors (Lipinski definition) is 3. The first-order chi connectivity index (χ1) is 11.1. The van der Waals surface area contributed by atoms with Crippen molar-refractivity contribution in [2.75, 3.05) is 7.11 Å². The number of methoxy groups -OCH3 is 1. The molecule has 0 radical (unpaired) electrons. The highest BCUT2D eigenvalue weighted by Gasteiger charge is 2.17. The van der Waals surface area contributed by atoms with Crippen molar-refractivity contribution >= 4 is 5.97 Å². The Kier molecular flexibility index (Phi) is 15.8. The van der Waals surface area contributed by atoms with Gasteiger partial charge in [-0.05, 0) is 19.3 Å². The Morgan fingerprint density at radius 1 is 0.870 bits per heavy atom. The molecule has 0 aromatic carbocycles. The minimum absolute atomic E-state index is 0.0512. The fraction of sp³-hybridized carbons (Fsp3) is 0.947. The molecule has 0 aliphatic heterocycles. The van der Waals surface area contributed by atoms with Crippen LogP contribution < -0.4 is 0 Å². The molecular weight excluding hydrogens is 292 g/mol. The summed E-state index contributed by atoms with van der Waals surface area (Å²) in [6.07, 6.45) is 14.0. The Bertz CT molecular complexity index is 268. The molecule has 0 bridgehead atoms. The summed E-state index contributed by atoms with van der Waals surface area (Å²) in [6, 6.07) is 0. The predicted octanol–water partition coefficient (Wildman–Crippen LogP) is 4.93. The van der Waals surface area contributed by atoms with E-state index in [1.165, 1.54) is 32.1 Å². The second-order valence-corrected chi connectivity index (χ2v) is 6.60. The van der Waals surface area contributed by atoms with Crippen molar-refractivity contribution in [3.05, 3.63) is 0 Å². The summed E-state index contributed by atoms with van der Waals surface area (Å²) < 4.78 is 5.44. The molecule has 23 heavy (non-hydrogen) atoms. The standard InChI is InChI=1S/C19H38O4/c1-3-4-5-6-8-11-14-17(20)18(23-2)15-12-9-7-10-13-16-19(21)22/h17-18,20H,3-16H2,1-2H3,(H,21,22). The van der Waals surface area contributed by atoms with Crippen molar-refractivity contribution < 1.29 is 19.7 Å². The van der Waals surface area contributed by atoms with E-state index in [2.05, 4.69) is 6.92 Å². The summed E-state index contributed by atoms with van der Waals surface area (Å²) in [5.74, 6) is -0.706. The molecule has 0 saturated carbocycles. The summed E-state index contributed by atoms with van der Waals surface area (Å²) in [4.78, 5) is 10.4. The molecule has 0 aliphatic carbocycles. The van der Waals surface area contributed by atoms with Crippen molar-refractivity contribution in [3.63, 3.8) is 0 Å². The van der Waals surface area contributed by atoms with Crippen LogP contribution in [0.15, 0.2) is 0 Å². The van der Waals surface area contributed by atoms with Crippen LogP contribution in [0.1, 0.15) is 96.8 Å². The van der Waals surface area contributed by atoms with Gasteiger partial charge >= 0.3 is 5.97 Å². The lowest BCUT2D eigenvalue weighted by molar-refractivity contribution is -0.137. The quantitative estimate of drug-likeness (QED) is 0.371. The van der Waals surface area contributed by atoms with Gasteiger partial charge < -0.3 is 14.9 Å². The van der Waals surface area contributed by atoms with Crippen LogP contribution in [0.2, 0.25) is 0 Å². The maximum atomic E-state index is 10.4. The molecule has 0 spiro atoms. The molecule has 138 valence electrons. The summed E-state index contributed by atoms with van der Waals surface area (Å²) >= 11 is 0. The van der Waals surface area contributed by atoms with Crippen molar-refractivity contribution in [3.8, 4) is 0 Å². The number of rotatable bonds is 17. The van der Waals surface area contributed by atoms with Crippen molar-refractivity contribution in [1.82, 2.24) is 0 Å². The van der Waals surface area contributed by atoms with Gasteiger partial charge in [-0.1, -0.05) is 71.1 Å². The molecule has 0 rings (SSSR count). The lowest BCUT2D eigenvalue weighted by atomic mass is 9.99. The van der Waals surface area contributed by atoms with Gasteiger partial charge in [0.1, 0.15) is 0 Å². The van der Waals surface area contributed by atoms with Gasteiger partial charge in [-0.15, -0.1) is 0 Å². The smallest absolute Gasteiger partial charge is 0.303 e. The summed E-state index contributed by atoms with van der Waals surface area (Å²) in [7, 11) is 1.68. The molecule has 2 unspecified atom stereocenters. The van der Waals surface area contributed by atoms with Gasteiger partial charge in [-0.2, -0.15) is 0 Å². The van der Waals surface area contributed by atoms with Crippen LogP contribution >= 0.6 is 0 Å². The van der Waals surface area contributed by atoms with Crippen molar-refractivity contribution in [2.45, 2.75) is 109 Å². The summed E-state index contributed by atoms with van der Waals surface area (Å²) in [6.45, 7) is 2.22. The van der Waals surface area contributed by atoms with Crippen molar-refractivity contribution in [2.24, 2.45) is 0 Å². The lowest BCUT2D eigenvalue weighted by Crippen LogP contribution is -2.27. The maximum Gasteiger partial charge on any atom is 0.303 e. The van der Waals surface area contributed by atoms with E-state index >= 15 is 0 Å². The lowest BCUT2D eigenvalue weighted by Gasteiger charge is -2.21. The Labute approximate surface area is 142 Å². The zero-order chi connectivity index (χ0) is 17.3. The molecule has 0 fully saturated rings. The highest BCUT2D eigenvalue weighted by atomic mass is 16.5. The van der Waals surface area contributed by atoms with E-state index in [1.54, 1.807) is 7.11 Å². The monoisotopic (exact) mass is 330 g/mol. The molecule has 4 nitrogen and oxygen atoms in total. The van der Waals surface area contributed by atoms with Gasteiger partial charge in [0.15, 0.2) is 0 Å². The van der Waals surface area contributed by atoms with E-state index in [-0.39, 0.29) is 18.6 Å². The Balaban J connectivity index is 3.57. The van der Waals surface area contributed by atoms with E-state index in [0.717, 1.165) is 51.4 Å². The van der Waals surface area contributed by atoms with Crippen LogP contribution in [0.25, 0.3) is 0 Å². The Morgan fingerprint density at radius 3 is 1.96 bits per heavy atom. The topological polar surface area (TPSA) is 66.8 Å². The highest BCUT2D eigenvalue weighted by molar-refractivity contribution is 5.66. The number of carbonyl (C=O) groups is 1. The van der Waals surface area contributed by atoms with E-state index in [4.69, 9.17) is 9.84 Å². The number of aliphatic hydroxyl groups excluding tert-OH is 1. The van der Waals surface area contributed by atoms with E-state index in [0.29, 0.717) is 0 Å². The van der Waals surface area contributed by atoms with Gasteiger partial charge in [0.2, 0.25) is 0 Å². The molecule has 0 aromatic rings. The molecule has 4 heteroatoms. The van der Waals surface area contributed by atoms with E-state index < -0.39 is 5.97 Å². The van der Waals surface area contributed by atoms with Crippen molar-refractivity contribution in [1.29, 1.82) is 0 Å². The number of hydrogen-bond donors (Lipinski definition) is 2. The summed E-state index contributed by atoms with van der Waals surface area (Å²) in [5.41, 5.74) is 0. The number of ether oxygens (including phenoxy) is 1. The SMILES string of the molecule is CCCCCCCCC(O)C(CCCCCCCC(=O)O)OC. The first-order valence-corrected chi connectivity index (χ1v) is 9.54.